The summed E-state index contributed by atoms with van der Waals surface area (Å²) in [6.45, 7) is 0. The van der Waals surface area contributed by atoms with Crippen LogP contribution in [-0.4, -0.2) is 29.9 Å². The van der Waals surface area contributed by atoms with Gasteiger partial charge in [0.1, 0.15) is 0 Å². The second-order valence-corrected chi connectivity index (χ2v) is 6.71. The quantitative estimate of drug-likeness (QED) is 0.598. The van der Waals surface area contributed by atoms with Crippen LogP contribution in [0.1, 0.15) is 45.6 Å². The van der Waals surface area contributed by atoms with E-state index >= 15 is 0 Å². The molecule has 25 heavy (non-hydrogen) atoms. The Balaban J connectivity index is 1.57. The fraction of sp³-hybridized carbons (Fsp3) is 0.400. The molecule has 0 saturated carbocycles. The predicted molar refractivity (Wildman–Crippen MR) is 95.6 cm³/mol. The van der Waals surface area contributed by atoms with Crippen LogP contribution in [0.15, 0.2) is 30.5 Å². The molecule has 1 unspecified atom stereocenters. The average molecular weight is 340 g/mol. The van der Waals surface area contributed by atoms with Crippen LogP contribution in [0.4, 0.5) is 0 Å². The second kappa shape index (κ2) is 7.66. The summed E-state index contributed by atoms with van der Waals surface area (Å²) in [7, 11) is 1.39. The number of aryl methyl sites for hydroxylation is 1. The van der Waals surface area contributed by atoms with E-state index in [9.17, 15) is 9.59 Å². The monoisotopic (exact) mass is 340 g/mol. The Morgan fingerprint density at radius 3 is 2.84 bits per heavy atom. The fourth-order valence-electron chi connectivity index (χ4n) is 3.38. The minimum Gasteiger partial charge on any atom is -0.469 e. The van der Waals surface area contributed by atoms with Gasteiger partial charge in [0, 0.05) is 36.3 Å². The number of ketones is 1. The van der Waals surface area contributed by atoms with E-state index in [-0.39, 0.29) is 17.8 Å². The van der Waals surface area contributed by atoms with Crippen molar-refractivity contribution in [3.8, 4) is 0 Å². The van der Waals surface area contributed by atoms with Gasteiger partial charge in [-0.25, -0.2) is 0 Å². The van der Waals surface area contributed by atoms with Crippen LogP contribution >= 0.6 is 0 Å². The molecule has 2 aromatic rings. The van der Waals surface area contributed by atoms with E-state index in [0.29, 0.717) is 24.8 Å². The molecule has 1 aliphatic rings. The first-order valence-corrected chi connectivity index (χ1v) is 8.68. The highest BCUT2D eigenvalue weighted by Crippen LogP contribution is 2.23. The van der Waals surface area contributed by atoms with E-state index in [1.165, 1.54) is 18.2 Å². The highest BCUT2D eigenvalue weighted by molar-refractivity contribution is 5.97. The zero-order chi connectivity index (χ0) is 17.8. The Morgan fingerprint density at radius 2 is 2.04 bits per heavy atom. The molecule has 5 heteroatoms. The number of H-pyrrole nitrogens is 1. The molecule has 1 aromatic heterocycles. The van der Waals surface area contributed by atoms with Crippen LogP contribution in [0.3, 0.4) is 0 Å². The fourth-order valence-corrected chi connectivity index (χ4v) is 3.38. The van der Waals surface area contributed by atoms with E-state index in [2.05, 4.69) is 21.9 Å². The van der Waals surface area contributed by atoms with Crippen molar-refractivity contribution in [1.29, 1.82) is 0 Å². The highest BCUT2D eigenvalue weighted by Gasteiger charge is 2.19. The van der Waals surface area contributed by atoms with Crippen LogP contribution in [0.2, 0.25) is 0 Å². The summed E-state index contributed by atoms with van der Waals surface area (Å²) in [5, 5.41) is 0. The summed E-state index contributed by atoms with van der Waals surface area (Å²) in [4.78, 5) is 26.7. The van der Waals surface area contributed by atoms with Crippen molar-refractivity contribution in [3.05, 3.63) is 58.4 Å². The number of carbonyl (C=O) groups is 2. The number of hydrogen-bond acceptors (Lipinski definition) is 4. The van der Waals surface area contributed by atoms with E-state index in [0.717, 1.165) is 30.5 Å². The number of hydrogen-bond donors (Lipinski definition) is 2. The predicted octanol–water partition coefficient (Wildman–Crippen LogP) is 2.36. The van der Waals surface area contributed by atoms with Gasteiger partial charge in [-0.15, -0.1) is 0 Å². The lowest BCUT2D eigenvalue weighted by molar-refractivity contribution is -0.140. The molecule has 3 rings (SSSR count). The van der Waals surface area contributed by atoms with Crippen LogP contribution in [0.5, 0.6) is 0 Å². The summed E-state index contributed by atoms with van der Waals surface area (Å²) >= 11 is 0. The molecule has 0 bridgehead atoms. The lowest BCUT2D eigenvalue weighted by Crippen LogP contribution is -2.18. The van der Waals surface area contributed by atoms with Gasteiger partial charge in [0.05, 0.1) is 7.11 Å². The van der Waals surface area contributed by atoms with Crippen LogP contribution in [0, 0.1) is 0 Å². The number of aromatic nitrogens is 1. The third-order valence-electron chi connectivity index (χ3n) is 4.72. The number of benzene rings is 1. The van der Waals surface area contributed by atoms with Crippen molar-refractivity contribution in [2.75, 3.05) is 7.11 Å². The van der Waals surface area contributed by atoms with Gasteiger partial charge in [-0.1, -0.05) is 18.2 Å². The maximum absolute atomic E-state index is 12.5. The Bertz CT molecular complexity index is 779. The standard InChI is InChI=1S/C20H24N2O3/c1-25-20(24)4-2-3-18-11-16(12-22-18)19(23)8-13-5-6-14-9-17(21)10-15(14)7-13/h5-7,11-12,17,22H,2-4,8-10,21H2,1H3. The minimum absolute atomic E-state index is 0.0951. The average Bonchev–Trinajstić information content (AvgIpc) is 3.20. The zero-order valence-electron chi connectivity index (χ0n) is 14.5. The second-order valence-electron chi connectivity index (χ2n) is 6.71. The van der Waals surface area contributed by atoms with Crippen molar-refractivity contribution in [1.82, 2.24) is 4.98 Å². The summed E-state index contributed by atoms with van der Waals surface area (Å²) in [5.41, 5.74) is 11.3. The Hall–Kier alpha value is -2.40. The number of ether oxygens (including phenoxy) is 1. The molecule has 5 nitrogen and oxygen atoms in total. The number of aromatic amines is 1. The molecule has 1 aromatic carbocycles. The first-order valence-electron chi connectivity index (χ1n) is 8.68. The smallest absolute Gasteiger partial charge is 0.305 e. The summed E-state index contributed by atoms with van der Waals surface area (Å²) < 4.78 is 4.63. The molecule has 0 aliphatic heterocycles. The normalized spacial score (nSPS) is 15.8. The van der Waals surface area contributed by atoms with E-state index < -0.39 is 0 Å². The van der Waals surface area contributed by atoms with Gasteiger partial charge in [-0.05, 0) is 48.4 Å². The molecule has 0 spiro atoms. The van der Waals surface area contributed by atoms with Gasteiger partial charge in [0.2, 0.25) is 0 Å². The zero-order valence-corrected chi connectivity index (χ0v) is 14.5. The SMILES string of the molecule is COC(=O)CCCc1cc(C(=O)Cc2ccc3c(c2)CC(N)C3)c[nH]1. The van der Waals surface area contributed by atoms with E-state index in [1.54, 1.807) is 6.20 Å². The highest BCUT2D eigenvalue weighted by atomic mass is 16.5. The maximum Gasteiger partial charge on any atom is 0.305 e. The summed E-state index contributed by atoms with van der Waals surface area (Å²) in [6.07, 6.45) is 5.77. The molecule has 1 atom stereocenters. The van der Waals surface area contributed by atoms with Crippen LogP contribution < -0.4 is 5.73 Å². The van der Waals surface area contributed by atoms with Crippen molar-refractivity contribution in [2.45, 2.75) is 44.6 Å². The largest absolute Gasteiger partial charge is 0.469 e. The van der Waals surface area contributed by atoms with Crippen LogP contribution in [0.25, 0.3) is 0 Å². The molecule has 3 N–H and O–H groups in total. The number of nitrogens with two attached hydrogens (primary N) is 1. The van der Waals surface area contributed by atoms with Gasteiger partial charge in [0.15, 0.2) is 5.78 Å². The molecule has 0 radical (unpaired) electrons. The van der Waals surface area contributed by atoms with Gasteiger partial charge in [-0.3, -0.25) is 9.59 Å². The van der Waals surface area contributed by atoms with Gasteiger partial charge >= 0.3 is 5.97 Å². The first-order chi connectivity index (χ1) is 12.0. The number of nitrogens with one attached hydrogen (secondary N) is 1. The van der Waals surface area contributed by atoms with Gasteiger partial charge in [-0.2, -0.15) is 0 Å². The number of fused-ring (bicyclic) bond motifs is 1. The third-order valence-corrected chi connectivity index (χ3v) is 4.72. The Labute approximate surface area is 147 Å². The lowest BCUT2D eigenvalue weighted by Gasteiger charge is -2.03. The molecule has 1 heterocycles. The summed E-state index contributed by atoms with van der Waals surface area (Å²) in [6, 6.07) is 8.32. The van der Waals surface area contributed by atoms with E-state index in [4.69, 9.17) is 5.73 Å². The summed E-state index contributed by atoms with van der Waals surface area (Å²) in [5.74, 6) is -0.114. The van der Waals surface area contributed by atoms with Gasteiger partial charge < -0.3 is 15.5 Å². The molecule has 132 valence electrons. The number of esters is 1. The van der Waals surface area contributed by atoms with Crippen LogP contribution in [-0.2, 0) is 35.2 Å². The van der Waals surface area contributed by atoms with E-state index in [1.807, 2.05) is 12.1 Å². The number of Topliss-reactive ketones (excluding diaryl/α,β-unsaturated/α-hetero) is 1. The molecule has 0 amide bonds. The molecule has 1 aliphatic carbocycles. The first kappa shape index (κ1) is 17.4. The number of carbonyl (C=O) groups excluding carboxylic acids is 2. The molecular weight excluding hydrogens is 316 g/mol. The number of methoxy groups -OCH3 is 1. The maximum atomic E-state index is 12.5. The number of rotatable bonds is 7. The topological polar surface area (TPSA) is 85.2 Å². The minimum atomic E-state index is -0.209. The van der Waals surface area contributed by atoms with Gasteiger partial charge in [0.25, 0.3) is 0 Å². The van der Waals surface area contributed by atoms with Crippen molar-refractivity contribution in [3.63, 3.8) is 0 Å². The molecule has 0 fully saturated rings. The lowest BCUT2D eigenvalue weighted by atomic mass is 10.0. The Morgan fingerprint density at radius 1 is 1.24 bits per heavy atom. The van der Waals surface area contributed by atoms with Crippen molar-refractivity contribution >= 4 is 11.8 Å². The Kier molecular flexibility index (Phi) is 5.34. The van der Waals surface area contributed by atoms with Crippen molar-refractivity contribution in [2.24, 2.45) is 5.73 Å². The van der Waals surface area contributed by atoms with Crippen molar-refractivity contribution < 1.29 is 14.3 Å². The molecule has 0 saturated heterocycles. The molecular formula is C20H24N2O3. The third kappa shape index (κ3) is 4.37.